The fourth-order valence-electron chi connectivity index (χ4n) is 8.18. The van der Waals surface area contributed by atoms with Gasteiger partial charge in [0.05, 0.1) is 35.2 Å². The summed E-state index contributed by atoms with van der Waals surface area (Å²) in [5.74, 6) is -2.28. The van der Waals surface area contributed by atoms with Crippen LogP contribution in [0.1, 0.15) is 55.9 Å². The molecule has 3 N–H and O–H groups in total. The Hall–Kier alpha value is -6.33. The van der Waals surface area contributed by atoms with E-state index in [0.29, 0.717) is 79.1 Å². The van der Waals surface area contributed by atoms with Gasteiger partial charge >= 0.3 is 0 Å². The number of imide groups is 2. The van der Waals surface area contributed by atoms with Crippen LogP contribution in [-0.4, -0.2) is 118 Å². The number of methoxy groups -OCH3 is 1. The third-order valence-electron chi connectivity index (χ3n) is 11.2. The summed E-state index contributed by atoms with van der Waals surface area (Å²) in [5, 5.41) is 6.67. The second-order valence-electron chi connectivity index (χ2n) is 14.6. The van der Waals surface area contributed by atoms with E-state index >= 15 is 0 Å². The van der Waals surface area contributed by atoms with Gasteiger partial charge in [-0.25, -0.2) is 8.42 Å². The van der Waals surface area contributed by atoms with Crippen LogP contribution in [0, 0.1) is 0 Å². The third-order valence-corrected chi connectivity index (χ3v) is 12.6. The predicted octanol–water partition coefficient (Wildman–Crippen LogP) is 2.83. The summed E-state index contributed by atoms with van der Waals surface area (Å²) < 4.78 is 35.0. The van der Waals surface area contributed by atoms with E-state index in [9.17, 15) is 37.2 Å². The second-order valence-corrected chi connectivity index (χ2v) is 16.3. The first-order valence-electron chi connectivity index (χ1n) is 19.0. The molecule has 0 aliphatic carbocycles. The van der Waals surface area contributed by atoms with Gasteiger partial charge in [0.1, 0.15) is 16.7 Å². The van der Waals surface area contributed by atoms with Crippen molar-refractivity contribution in [2.75, 3.05) is 68.4 Å². The van der Waals surface area contributed by atoms with E-state index in [1.165, 1.54) is 18.1 Å². The molecule has 0 aromatic heterocycles. The number of rotatable bonds is 12. The second kappa shape index (κ2) is 15.2. The normalized spacial score (nSPS) is 18.2. The molecule has 17 heteroatoms. The Morgan fingerprint density at radius 1 is 0.879 bits per heavy atom. The molecule has 2 fully saturated rings. The minimum atomic E-state index is -4.06. The van der Waals surface area contributed by atoms with E-state index in [2.05, 4.69) is 20.3 Å². The molecule has 1 atom stereocenters. The van der Waals surface area contributed by atoms with E-state index < -0.39 is 39.7 Å². The summed E-state index contributed by atoms with van der Waals surface area (Å²) in [4.78, 5) is 83.9. The van der Waals surface area contributed by atoms with Crippen molar-refractivity contribution in [2.24, 2.45) is 0 Å². The molecule has 16 nitrogen and oxygen atoms in total. The largest absolute Gasteiger partial charge is 0.495 e. The van der Waals surface area contributed by atoms with E-state index in [0.717, 1.165) is 10.5 Å². The van der Waals surface area contributed by atoms with Crippen LogP contribution in [0.5, 0.6) is 5.75 Å². The lowest BCUT2D eigenvalue weighted by Gasteiger charge is -2.35. The molecule has 4 heterocycles. The Morgan fingerprint density at radius 2 is 1.66 bits per heavy atom. The van der Waals surface area contributed by atoms with Gasteiger partial charge in [0.2, 0.25) is 17.7 Å². The number of hydrogen-bond acceptors (Lipinski definition) is 11. The number of para-hydroxylation sites is 1. The Kier molecular flexibility index (Phi) is 10.1. The average molecular weight is 808 g/mol. The molecule has 0 saturated carbocycles. The molecule has 0 spiro atoms. The lowest BCUT2D eigenvalue weighted by Crippen LogP contribution is -2.54. The molecule has 4 aromatic rings. The monoisotopic (exact) mass is 807 g/mol. The van der Waals surface area contributed by atoms with Crippen LogP contribution in [0.25, 0.3) is 10.8 Å². The van der Waals surface area contributed by atoms with Crippen molar-refractivity contribution in [1.29, 1.82) is 0 Å². The third kappa shape index (κ3) is 6.89. The summed E-state index contributed by atoms with van der Waals surface area (Å²) in [6.45, 7) is 3.34. The van der Waals surface area contributed by atoms with Gasteiger partial charge in [0.15, 0.2) is 0 Å². The van der Waals surface area contributed by atoms with Gasteiger partial charge < -0.3 is 19.9 Å². The number of nitrogens with one attached hydrogen (secondary N) is 3. The molecule has 2 saturated heterocycles. The highest BCUT2D eigenvalue weighted by molar-refractivity contribution is 7.92. The van der Waals surface area contributed by atoms with Gasteiger partial charge in [0, 0.05) is 75.6 Å². The Balaban J connectivity index is 0.879. The molecule has 4 aromatic carbocycles. The number of piperidine rings is 1. The van der Waals surface area contributed by atoms with Gasteiger partial charge in [0.25, 0.3) is 27.7 Å². The molecule has 1 unspecified atom stereocenters. The minimum absolute atomic E-state index is 0.0234. The van der Waals surface area contributed by atoms with E-state index in [1.54, 1.807) is 61.6 Å². The molecule has 4 aliphatic rings. The van der Waals surface area contributed by atoms with Crippen molar-refractivity contribution in [3.8, 4) is 5.75 Å². The number of nitrogens with zero attached hydrogens (tertiary/aromatic N) is 4. The van der Waals surface area contributed by atoms with E-state index in [-0.39, 0.29) is 52.8 Å². The maximum absolute atomic E-state index is 13.5. The van der Waals surface area contributed by atoms with Crippen molar-refractivity contribution in [3.63, 3.8) is 0 Å². The van der Waals surface area contributed by atoms with Crippen molar-refractivity contribution in [2.45, 2.75) is 36.6 Å². The molecule has 6 amide bonds. The molecule has 0 radical (unpaired) electrons. The first-order valence-corrected chi connectivity index (χ1v) is 20.5. The number of ether oxygens (including phenoxy) is 1. The number of carbonyl (C=O) groups excluding carboxylic acids is 6. The summed E-state index contributed by atoms with van der Waals surface area (Å²) in [5.41, 5.74) is 3.04. The quantitative estimate of drug-likeness (QED) is 0.178. The molecule has 4 aliphatic heterocycles. The SMILES string of the molecule is COc1ccccc1S(=O)(=O)Nc1ccc2c3c(cc(CCC(=O)N4CCN(CCNc5cccc6c5C(=O)N(C5CCC(=O)NC5=O)C6=O)CC4)cc13)C(=O)N2C. The zero-order valence-electron chi connectivity index (χ0n) is 31.9. The van der Waals surface area contributed by atoms with Crippen molar-refractivity contribution < 1.29 is 41.9 Å². The summed E-state index contributed by atoms with van der Waals surface area (Å²) in [6.07, 6.45) is 0.660. The van der Waals surface area contributed by atoms with Gasteiger partial charge in [-0.3, -0.25) is 48.6 Å². The molecular formula is C41H41N7O9S. The lowest BCUT2D eigenvalue weighted by atomic mass is 9.98. The maximum atomic E-state index is 13.5. The van der Waals surface area contributed by atoms with Gasteiger partial charge in [-0.15, -0.1) is 0 Å². The highest BCUT2D eigenvalue weighted by atomic mass is 32.2. The summed E-state index contributed by atoms with van der Waals surface area (Å²) in [7, 11) is -0.994. The smallest absolute Gasteiger partial charge is 0.265 e. The summed E-state index contributed by atoms with van der Waals surface area (Å²) in [6, 6.07) is 17.2. The molecular weight excluding hydrogens is 767 g/mol. The van der Waals surface area contributed by atoms with Crippen LogP contribution in [0.2, 0.25) is 0 Å². The highest BCUT2D eigenvalue weighted by Gasteiger charge is 2.45. The topological polar surface area (TPSA) is 195 Å². The molecule has 8 rings (SSSR count). The number of amides is 6. The lowest BCUT2D eigenvalue weighted by molar-refractivity contribution is -0.136. The molecule has 0 bridgehead atoms. The zero-order chi connectivity index (χ0) is 40.9. The average Bonchev–Trinajstić information content (AvgIpc) is 3.62. The Labute approximate surface area is 334 Å². The van der Waals surface area contributed by atoms with Crippen molar-refractivity contribution in [1.82, 2.24) is 20.0 Å². The van der Waals surface area contributed by atoms with Crippen molar-refractivity contribution >= 4 is 73.3 Å². The number of sulfonamides is 1. The molecule has 58 heavy (non-hydrogen) atoms. The maximum Gasteiger partial charge on any atom is 0.265 e. The van der Waals surface area contributed by atoms with Crippen LogP contribution in [0.15, 0.2) is 71.6 Å². The fraction of sp³-hybridized carbons (Fsp3) is 0.317. The molecule has 300 valence electrons. The van der Waals surface area contributed by atoms with Gasteiger partial charge in [-0.1, -0.05) is 18.2 Å². The Bertz CT molecular complexity index is 2530. The summed E-state index contributed by atoms with van der Waals surface area (Å²) >= 11 is 0. The number of benzene rings is 4. The fourth-order valence-corrected chi connectivity index (χ4v) is 9.43. The number of fused-ring (bicyclic) bond motifs is 1. The van der Waals surface area contributed by atoms with Crippen LogP contribution in [0.3, 0.4) is 0 Å². The number of aryl methyl sites for hydroxylation is 1. The van der Waals surface area contributed by atoms with Crippen molar-refractivity contribution in [3.05, 3.63) is 89.0 Å². The van der Waals surface area contributed by atoms with Crippen LogP contribution < -0.4 is 25.0 Å². The Morgan fingerprint density at radius 3 is 2.41 bits per heavy atom. The van der Waals surface area contributed by atoms with Crippen LogP contribution >= 0.6 is 0 Å². The number of hydrogen-bond donors (Lipinski definition) is 3. The number of carbonyl (C=O) groups is 6. The number of anilines is 3. The standard InChI is InChI=1S/C41H41N7O9S/c1-45-30-12-11-28(44-58(55,56)33-9-4-3-8-32(33)57-2)26-22-24(23-27(36(26)30)39(45)52)10-15-35(50)47-20-18-46(19-21-47)17-16-42-29-7-5-6-25-37(29)41(54)48(40(25)53)31-13-14-34(49)43-38(31)51/h3-9,11-12,22-23,31,42,44H,10,13-21H2,1-2H3,(H,43,49,51). The first kappa shape index (κ1) is 38.5. The van der Waals surface area contributed by atoms with E-state index in [4.69, 9.17) is 4.74 Å². The first-order chi connectivity index (χ1) is 27.9. The predicted molar refractivity (Wildman–Crippen MR) is 213 cm³/mol. The van der Waals surface area contributed by atoms with Gasteiger partial charge in [-0.05, 0) is 66.9 Å². The van der Waals surface area contributed by atoms with Crippen LogP contribution in [0.4, 0.5) is 17.1 Å². The van der Waals surface area contributed by atoms with Crippen LogP contribution in [-0.2, 0) is 30.8 Å². The minimum Gasteiger partial charge on any atom is -0.495 e. The highest BCUT2D eigenvalue weighted by Crippen LogP contribution is 2.42. The number of piperazine rings is 1. The zero-order valence-corrected chi connectivity index (χ0v) is 32.7. The van der Waals surface area contributed by atoms with E-state index in [1.807, 2.05) is 11.0 Å². The van der Waals surface area contributed by atoms with Gasteiger partial charge in [-0.2, -0.15) is 0 Å².